The summed E-state index contributed by atoms with van der Waals surface area (Å²) in [5, 5.41) is 2.58. The van der Waals surface area contributed by atoms with Crippen LogP contribution in [0, 0.1) is 0 Å². The number of halogens is 3. The zero-order valence-corrected chi connectivity index (χ0v) is 11.3. The first kappa shape index (κ1) is 16.5. The number of carbonyl (C=O) groups excluding carboxylic acids is 1. The van der Waals surface area contributed by atoms with Gasteiger partial charge in [0.05, 0.1) is 5.56 Å². The Morgan fingerprint density at radius 3 is 2.70 bits per heavy atom. The Morgan fingerprint density at radius 2 is 2.10 bits per heavy atom. The van der Waals surface area contributed by atoms with Gasteiger partial charge in [0, 0.05) is 19.0 Å². The van der Waals surface area contributed by atoms with Crippen LogP contribution in [0.1, 0.15) is 37.3 Å². The second-order valence-electron chi connectivity index (χ2n) is 4.73. The lowest BCUT2D eigenvalue weighted by atomic mass is 10.1. The summed E-state index contributed by atoms with van der Waals surface area (Å²) in [6.07, 6.45) is -2.55. The van der Waals surface area contributed by atoms with Gasteiger partial charge in [0.25, 0.3) is 0 Å². The largest absolute Gasteiger partial charge is 0.416 e. The van der Waals surface area contributed by atoms with E-state index in [-0.39, 0.29) is 24.9 Å². The van der Waals surface area contributed by atoms with E-state index in [9.17, 15) is 18.0 Å². The van der Waals surface area contributed by atoms with Crippen LogP contribution in [0.25, 0.3) is 0 Å². The fraction of sp³-hybridized carbons (Fsp3) is 0.500. The van der Waals surface area contributed by atoms with E-state index < -0.39 is 11.7 Å². The highest BCUT2D eigenvalue weighted by Crippen LogP contribution is 2.29. The number of alkyl halides is 3. The minimum Gasteiger partial charge on any atom is -0.352 e. The topological polar surface area (TPSA) is 55.1 Å². The van der Waals surface area contributed by atoms with Gasteiger partial charge < -0.3 is 11.1 Å². The van der Waals surface area contributed by atoms with Gasteiger partial charge in [-0.15, -0.1) is 0 Å². The summed E-state index contributed by atoms with van der Waals surface area (Å²) in [6, 6.07) is 4.70. The van der Waals surface area contributed by atoms with E-state index in [2.05, 4.69) is 5.32 Å². The maximum absolute atomic E-state index is 12.5. The lowest BCUT2D eigenvalue weighted by molar-refractivity contribution is -0.137. The standard InChI is InChI=1S/C14H19F3N2O/c1-2-4-12(18)8-13(20)19-9-10-5-3-6-11(7-10)14(15,16)17/h3,5-7,12H,2,4,8-9,18H2,1H3,(H,19,20). The van der Waals surface area contributed by atoms with Crippen molar-refractivity contribution < 1.29 is 18.0 Å². The Balaban J connectivity index is 2.52. The summed E-state index contributed by atoms with van der Waals surface area (Å²) >= 11 is 0. The zero-order valence-electron chi connectivity index (χ0n) is 11.3. The van der Waals surface area contributed by atoms with Gasteiger partial charge in [-0.05, 0) is 24.1 Å². The van der Waals surface area contributed by atoms with E-state index in [0.29, 0.717) is 5.56 Å². The molecule has 0 saturated carbocycles. The summed E-state index contributed by atoms with van der Waals surface area (Å²) in [5.74, 6) is -0.247. The van der Waals surface area contributed by atoms with Gasteiger partial charge in [-0.1, -0.05) is 25.5 Å². The molecule has 112 valence electrons. The number of rotatable bonds is 6. The molecule has 1 rings (SSSR count). The number of hydrogen-bond acceptors (Lipinski definition) is 2. The van der Waals surface area contributed by atoms with E-state index in [0.717, 1.165) is 25.0 Å². The molecule has 0 aliphatic rings. The lowest BCUT2D eigenvalue weighted by Crippen LogP contribution is -2.31. The molecule has 1 atom stereocenters. The third-order valence-corrected chi connectivity index (χ3v) is 2.85. The molecule has 0 aliphatic carbocycles. The van der Waals surface area contributed by atoms with Crippen molar-refractivity contribution in [2.75, 3.05) is 0 Å². The van der Waals surface area contributed by atoms with Gasteiger partial charge in [0.2, 0.25) is 5.91 Å². The van der Waals surface area contributed by atoms with Crippen LogP contribution in [-0.4, -0.2) is 11.9 Å². The van der Waals surface area contributed by atoms with Gasteiger partial charge in [-0.25, -0.2) is 0 Å². The first-order valence-electron chi connectivity index (χ1n) is 6.51. The number of carbonyl (C=O) groups is 1. The molecule has 20 heavy (non-hydrogen) atoms. The van der Waals surface area contributed by atoms with Crippen molar-refractivity contribution in [1.29, 1.82) is 0 Å². The number of amides is 1. The number of hydrogen-bond donors (Lipinski definition) is 2. The Bertz CT molecular complexity index is 446. The van der Waals surface area contributed by atoms with Crippen molar-refractivity contribution in [3.8, 4) is 0 Å². The molecule has 6 heteroatoms. The van der Waals surface area contributed by atoms with Crippen LogP contribution in [0.5, 0.6) is 0 Å². The summed E-state index contributed by atoms with van der Waals surface area (Å²) < 4.78 is 37.6. The summed E-state index contributed by atoms with van der Waals surface area (Å²) in [5.41, 5.74) is 5.42. The summed E-state index contributed by atoms with van der Waals surface area (Å²) in [4.78, 5) is 11.6. The predicted molar refractivity (Wildman–Crippen MR) is 70.8 cm³/mol. The summed E-state index contributed by atoms with van der Waals surface area (Å²) in [6.45, 7) is 2.04. The van der Waals surface area contributed by atoms with Gasteiger partial charge in [0.1, 0.15) is 0 Å². The molecular formula is C14H19F3N2O. The second-order valence-corrected chi connectivity index (χ2v) is 4.73. The van der Waals surface area contributed by atoms with Crippen molar-refractivity contribution in [1.82, 2.24) is 5.32 Å². The quantitative estimate of drug-likeness (QED) is 0.845. The van der Waals surface area contributed by atoms with Gasteiger partial charge in [0.15, 0.2) is 0 Å². The minimum absolute atomic E-state index is 0.0710. The molecule has 0 bridgehead atoms. The number of nitrogens with two attached hydrogens (primary N) is 1. The van der Waals surface area contributed by atoms with Gasteiger partial charge in [-0.3, -0.25) is 4.79 Å². The molecular weight excluding hydrogens is 269 g/mol. The van der Waals surface area contributed by atoms with Crippen LogP contribution in [0.2, 0.25) is 0 Å². The predicted octanol–water partition coefficient (Wildman–Crippen LogP) is 2.84. The van der Waals surface area contributed by atoms with E-state index in [1.807, 2.05) is 6.92 Å². The Morgan fingerprint density at radius 1 is 1.40 bits per heavy atom. The highest BCUT2D eigenvalue weighted by atomic mass is 19.4. The molecule has 0 aromatic heterocycles. The second kappa shape index (κ2) is 7.28. The highest BCUT2D eigenvalue weighted by molar-refractivity contribution is 5.76. The molecule has 0 saturated heterocycles. The first-order chi connectivity index (χ1) is 9.32. The monoisotopic (exact) mass is 288 g/mol. The Kier molecular flexibility index (Phi) is 6.01. The minimum atomic E-state index is -4.37. The Hall–Kier alpha value is -1.56. The molecule has 1 unspecified atom stereocenters. The average molecular weight is 288 g/mol. The van der Waals surface area contributed by atoms with Crippen molar-refractivity contribution in [3.63, 3.8) is 0 Å². The van der Waals surface area contributed by atoms with Crippen LogP contribution < -0.4 is 11.1 Å². The SMILES string of the molecule is CCCC(N)CC(=O)NCc1cccc(C(F)(F)F)c1. The van der Waals surface area contributed by atoms with E-state index >= 15 is 0 Å². The smallest absolute Gasteiger partial charge is 0.352 e. The molecule has 1 aromatic rings. The van der Waals surface area contributed by atoms with Crippen molar-refractivity contribution >= 4 is 5.91 Å². The third kappa shape index (κ3) is 5.61. The zero-order chi connectivity index (χ0) is 15.2. The molecule has 0 spiro atoms. The maximum atomic E-state index is 12.5. The highest BCUT2D eigenvalue weighted by Gasteiger charge is 2.30. The van der Waals surface area contributed by atoms with E-state index in [1.165, 1.54) is 6.07 Å². The fourth-order valence-corrected chi connectivity index (χ4v) is 1.84. The third-order valence-electron chi connectivity index (χ3n) is 2.85. The molecule has 3 nitrogen and oxygen atoms in total. The summed E-state index contributed by atoms with van der Waals surface area (Å²) in [7, 11) is 0. The Labute approximate surface area is 116 Å². The van der Waals surface area contributed by atoms with Crippen LogP contribution in [0.15, 0.2) is 24.3 Å². The normalized spacial score (nSPS) is 13.1. The van der Waals surface area contributed by atoms with Crippen LogP contribution >= 0.6 is 0 Å². The van der Waals surface area contributed by atoms with Crippen LogP contribution in [0.4, 0.5) is 13.2 Å². The molecule has 0 aliphatic heterocycles. The van der Waals surface area contributed by atoms with Gasteiger partial charge >= 0.3 is 6.18 Å². The van der Waals surface area contributed by atoms with E-state index in [4.69, 9.17) is 5.73 Å². The molecule has 3 N–H and O–H groups in total. The molecule has 1 aromatic carbocycles. The van der Waals surface area contributed by atoms with E-state index in [1.54, 1.807) is 6.07 Å². The number of nitrogens with one attached hydrogen (secondary N) is 1. The average Bonchev–Trinajstić information content (AvgIpc) is 2.36. The maximum Gasteiger partial charge on any atom is 0.416 e. The molecule has 0 radical (unpaired) electrons. The molecule has 1 amide bonds. The van der Waals surface area contributed by atoms with Crippen LogP contribution in [-0.2, 0) is 17.5 Å². The first-order valence-corrected chi connectivity index (χ1v) is 6.51. The van der Waals surface area contributed by atoms with Crippen molar-refractivity contribution in [2.45, 2.75) is 44.9 Å². The van der Waals surface area contributed by atoms with Gasteiger partial charge in [-0.2, -0.15) is 13.2 Å². The van der Waals surface area contributed by atoms with Crippen LogP contribution in [0.3, 0.4) is 0 Å². The fourth-order valence-electron chi connectivity index (χ4n) is 1.84. The lowest BCUT2D eigenvalue weighted by Gasteiger charge is -2.12. The number of benzene rings is 1. The molecule has 0 fully saturated rings. The van der Waals surface area contributed by atoms with Crippen molar-refractivity contribution in [3.05, 3.63) is 35.4 Å². The van der Waals surface area contributed by atoms with Crippen molar-refractivity contribution in [2.24, 2.45) is 5.73 Å². The molecule has 0 heterocycles.